The van der Waals surface area contributed by atoms with Crippen LogP contribution in [0.15, 0.2) is 48.5 Å². The molecule has 0 aromatic heterocycles. The average Bonchev–Trinajstić information content (AvgIpc) is 3.63. The Morgan fingerprint density at radius 2 is 0.705 bits per heavy atom. The van der Waals surface area contributed by atoms with Crippen molar-refractivity contribution in [2.45, 2.75) is 168 Å². The maximum Gasteiger partial charge on any atom is 0.454 e. The number of benzene rings is 2. The highest BCUT2D eigenvalue weighted by Crippen LogP contribution is 2.69. The molecular formula is C38H62B2O4. The second-order valence-electron chi connectivity index (χ2n) is 14.6. The largest absolute Gasteiger partial charge is 0.454 e. The molecule has 0 spiro atoms. The normalized spacial score (nSPS) is 28.6. The highest BCUT2D eigenvalue weighted by molar-refractivity contribution is 6.44. The van der Waals surface area contributed by atoms with E-state index in [0.717, 1.165) is 0 Å². The lowest BCUT2D eigenvalue weighted by Gasteiger charge is -2.47. The van der Waals surface area contributed by atoms with Crippen LogP contribution in [0.3, 0.4) is 0 Å². The Labute approximate surface area is 271 Å². The summed E-state index contributed by atoms with van der Waals surface area (Å²) in [6.07, 6.45) is 8.42. The Morgan fingerprint density at radius 3 is 0.932 bits per heavy atom. The van der Waals surface area contributed by atoms with Crippen LogP contribution in [-0.2, 0) is 29.4 Å². The third-order valence-corrected chi connectivity index (χ3v) is 11.2. The van der Waals surface area contributed by atoms with E-state index in [9.17, 15) is 0 Å². The molecule has 2 aromatic carbocycles. The van der Waals surface area contributed by atoms with Crippen LogP contribution in [0.5, 0.6) is 0 Å². The van der Waals surface area contributed by atoms with E-state index in [2.05, 4.69) is 104 Å². The van der Waals surface area contributed by atoms with Crippen molar-refractivity contribution in [3.8, 4) is 11.1 Å². The van der Waals surface area contributed by atoms with Gasteiger partial charge in [0.15, 0.2) is 0 Å². The third kappa shape index (κ3) is 6.35. The maximum absolute atomic E-state index is 5.54. The maximum atomic E-state index is 5.54. The summed E-state index contributed by atoms with van der Waals surface area (Å²) in [6, 6.07) is 18.5. The second kappa shape index (κ2) is 13.6. The highest BCUT2D eigenvalue weighted by Gasteiger charge is 2.62. The van der Waals surface area contributed by atoms with E-state index >= 15 is 0 Å². The van der Waals surface area contributed by atoms with Gasteiger partial charge in [-0.2, -0.15) is 0 Å². The quantitative estimate of drug-likeness (QED) is 0.281. The molecular weight excluding hydrogens is 542 g/mol. The van der Waals surface area contributed by atoms with E-state index in [0.29, 0.717) is 10.8 Å². The van der Waals surface area contributed by atoms with Crippen molar-refractivity contribution >= 4 is 14.2 Å². The first-order valence-electron chi connectivity index (χ1n) is 17.5. The van der Waals surface area contributed by atoms with Crippen LogP contribution in [0.2, 0.25) is 13.6 Å². The van der Waals surface area contributed by atoms with Gasteiger partial charge in [-0.1, -0.05) is 89.1 Å². The van der Waals surface area contributed by atoms with E-state index in [1.165, 1.54) is 49.7 Å². The topological polar surface area (TPSA) is 36.9 Å². The van der Waals surface area contributed by atoms with E-state index in [4.69, 9.17) is 18.6 Å². The number of fused-ring (bicyclic) bond motifs is 3. The molecule has 2 heterocycles. The molecule has 0 N–H and O–H groups in total. The van der Waals surface area contributed by atoms with Crippen molar-refractivity contribution < 1.29 is 18.6 Å². The first-order chi connectivity index (χ1) is 20.6. The molecule has 4 fully saturated rings. The van der Waals surface area contributed by atoms with Gasteiger partial charge in [-0.25, -0.2) is 0 Å². The van der Waals surface area contributed by atoms with Gasteiger partial charge in [0, 0.05) is 10.8 Å². The van der Waals surface area contributed by atoms with Crippen molar-refractivity contribution in [1.82, 2.24) is 0 Å². The molecule has 0 unspecified atom stereocenters. The van der Waals surface area contributed by atoms with Crippen molar-refractivity contribution in [3.63, 3.8) is 0 Å². The predicted octanol–water partition coefficient (Wildman–Crippen LogP) is 10.7. The van der Waals surface area contributed by atoms with Crippen molar-refractivity contribution in [1.29, 1.82) is 0 Å². The zero-order valence-corrected chi connectivity index (χ0v) is 30.6. The standard InChI is InChI=1S/C20H20.2C7H15BO2.2C2H6/c1-3-9-17-15(7-1)16-8-2-4-10-18(16)20-13-5-11-19(17,20)12-6-14-20;2*1-6(2)7(3,4)10-8(5)9-6;2*1-2/h1-4,7-10H,5-6,11-14H2;2*1-5H3;2*1-2H3. The SMILES string of the molecule is CB1OC(C)(C)C(C)(C)O1.CB1OC(C)(C)C(C)(C)O1.CC.CC.c1ccc2c(c1)-c1ccccc1C13CCCC21CCC3. The van der Waals surface area contributed by atoms with Crippen LogP contribution >= 0.6 is 0 Å². The molecule has 5 aliphatic rings. The monoisotopic (exact) mass is 604 g/mol. The van der Waals surface area contributed by atoms with Crippen LogP contribution in [0.4, 0.5) is 0 Å². The molecule has 7 rings (SSSR count). The molecule has 3 aliphatic carbocycles. The van der Waals surface area contributed by atoms with Gasteiger partial charge in [0.2, 0.25) is 0 Å². The molecule has 6 heteroatoms. The lowest BCUT2D eigenvalue weighted by Crippen LogP contribution is -2.43. The summed E-state index contributed by atoms with van der Waals surface area (Å²) in [5.74, 6) is 0. The molecule has 0 radical (unpaired) electrons. The Morgan fingerprint density at radius 1 is 0.455 bits per heavy atom. The van der Waals surface area contributed by atoms with Gasteiger partial charge in [0.25, 0.3) is 0 Å². The smallest absolute Gasteiger partial charge is 0.403 e. The van der Waals surface area contributed by atoms with Gasteiger partial charge in [-0.05, 0) is 117 Å². The Bertz CT molecular complexity index is 1100. The molecule has 0 atom stereocenters. The fraction of sp³-hybridized carbons (Fsp3) is 0.684. The number of hydrogen-bond acceptors (Lipinski definition) is 4. The fourth-order valence-electron chi connectivity index (χ4n) is 8.19. The molecule has 2 aromatic rings. The average molecular weight is 605 g/mol. The van der Waals surface area contributed by atoms with Gasteiger partial charge in [0.1, 0.15) is 0 Å². The fourth-order valence-corrected chi connectivity index (χ4v) is 8.19. The van der Waals surface area contributed by atoms with Crippen molar-refractivity contribution in [2.24, 2.45) is 0 Å². The van der Waals surface area contributed by atoms with Crippen LogP contribution < -0.4 is 0 Å². The zero-order chi connectivity index (χ0) is 33.2. The molecule has 244 valence electrons. The molecule has 4 nitrogen and oxygen atoms in total. The molecule has 2 saturated carbocycles. The van der Waals surface area contributed by atoms with Gasteiger partial charge in [-0.15, -0.1) is 0 Å². The minimum Gasteiger partial charge on any atom is -0.403 e. The summed E-state index contributed by atoms with van der Waals surface area (Å²) >= 11 is 0. The van der Waals surface area contributed by atoms with Crippen molar-refractivity contribution in [3.05, 3.63) is 59.7 Å². The Kier molecular flexibility index (Phi) is 11.4. The van der Waals surface area contributed by atoms with Crippen molar-refractivity contribution in [2.75, 3.05) is 0 Å². The summed E-state index contributed by atoms with van der Waals surface area (Å²) < 4.78 is 22.2. The molecule has 0 bridgehead atoms. The molecule has 2 saturated heterocycles. The Hall–Kier alpha value is -1.59. The highest BCUT2D eigenvalue weighted by atomic mass is 16.7. The summed E-state index contributed by atoms with van der Waals surface area (Å²) in [6.45, 7) is 28.3. The molecule has 44 heavy (non-hydrogen) atoms. The number of hydrogen-bond donors (Lipinski definition) is 0. The summed E-state index contributed by atoms with van der Waals surface area (Å²) in [4.78, 5) is 0. The van der Waals surface area contributed by atoms with Crippen LogP contribution in [0.1, 0.15) is 133 Å². The van der Waals surface area contributed by atoms with E-state index in [-0.39, 0.29) is 36.6 Å². The van der Waals surface area contributed by atoms with E-state index in [1.54, 1.807) is 11.1 Å². The third-order valence-electron chi connectivity index (χ3n) is 11.2. The van der Waals surface area contributed by atoms with Gasteiger partial charge in [-0.3, -0.25) is 0 Å². The summed E-state index contributed by atoms with van der Waals surface area (Å²) in [5.41, 5.74) is 6.63. The minimum atomic E-state index is -0.160. The first kappa shape index (κ1) is 36.9. The predicted molar refractivity (Wildman–Crippen MR) is 190 cm³/mol. The van der Waals surface area contributed by atoms with E-state index in [1.807, 2.05) is 41.3 Å². The van der Waals surface area contributed by atoms with Gasteiger partial charge < -0.3 is 18.6 Å². The van der Waals surface area contributed by atoms with Crippen LogP contribution in [0, 0.1) is 0 Å². The second-order valence-corrected chi connectivity index (χ2v) is 14.6. The lowest BCUT2D eigenvalue weighted by atomic mass is 9.55. The lowest BCUT2D eigenvalue weighted by molar-refractivity contribution is 0.00578. The molecule has 2 aliphatic heterocycles. The number of rotatable bonds is 0. The molecule has 0 amide bonds. The van der Waals surface area contributed by atoms with E-state index < -0.39 is 0 Å². The first-order valence-corrected chi connectivity index (χ1v) is 17.5. The summed E-state index contributed by atoms with van der Waals surface area (Å²) in [5, 5.41) is 0. The van der Waals surface area contributed by atoms with Crippen LogP contribution in [-0.4, -0.2) is 36.6 Å². The zero-order valence-electron chi connectivity index (χ0n) is 30.6. The summed E-state index contributed by atoms with van der Waals surface area (Å²) in [7, 11) is -0.130. The van der Waals surface area contributed by atoms with Gasteiger partial charge in [0.05, 0.1) is 22.4 Å². The van der Waals surface area contributed by atoms with Gasteiger partial charge >= 0.3 is 14.2 Å². The Balaban J connectivity index is 0.000000188. The minimum absolute atomic E-state index is 0.0648. The van der Waals surface area contributed by atoms with Crippen LogP contribution in [0.25, 0.3) is 11.1 Å².